The summed E-state index contributed by atoms with van der Waals surface area (Å²) in [5, 5.41) is 0. The van der Waals surface area contributed by atoms with E-state index in [1.807, 2.05) is 0 Å². The molecule has 7 nitrogen and oxygen atoms in total. The molecule has 0 spiro atoms. The van der Waals surface area contributed by atoms with E-state index in [2.05, 4.69) is 11.3 Å². The average Bonchev–Trinajstić information content (AvgIpc) is 3.07. The number of methoxy groups -OCH3 is 1. The third-order valence-corrected chi connectivity index (χ3v) is 6.46. The molecule has 2 aromatic rings. The minimum Gasteiger partial charge on any atom is -0.496 e. The van der Waals surface area contributed by atoms with Crippen LogP contribution >= 0.6 is 0 Å². The zero-order valence-corrected chi connectivity index (χ0v) is 18.5. The fraction of sp³-hybridized carbons (Fsp3) is 0.348. The summed E-state index contributed by atoms with van der Waals surface area (Å²) >= 11 is 0. The van der Waals surface area contributed by atoms with Crippen LogP contribution in [0.25, 0.3) is 0 Å². The van der Waals surface area contributed by atoms with E-state index in [0.717, 1.165) is 25.7 Å². The zero-order valence-electron chi connectivity index (χ0n) is 17.7. The number of nitrogens with zero attached hydrogens (tertiary/aromatic N) is 1. The number of rotatable bonds is 8. The molecule has 0 radical (unpaired) electrons. The van der Waals surface area contributed by atoms with Crippen molar-refractivity contribution in [1.29, 1.82) is 0 Å². The van der Waals surface area contributed by atoms with Crippen molar-refractivity contribution < 1.29 is 22.7 Å². The number of ether oxygens (including phenoxy) is 2. The molecule has 0 bridgehead atoms. The standard InChI is InChI=1S/C23H28N2O5S/c1-3-16-30-19-10-8-18(9-11-19)24-31(27,28)20-12-13-22(29-2)21(17-20)23(26)25-14-6-4-5-7-15-25/h3,8-13,17,24H,1,4-7,14-16H2,2H3. The molecule has 3 rings (SSSR count). The molecular weight excluding hydrogens is 416 g/mol. The van der Waals surface area contributed by atoms with Crippen molar-refractivity contribution in [3.63, 3.8) is 0 Å². The SMILES string of the molecule is C=CCOc1ccc(NS(=O)(=O)c2ccc(OC)c(C(=O)N3CCCCCC3)c2)cc1. The van der Waals surface area contributed by atoms with Gasteiger partial charge in [-0.15, -0.1) is 0 Å². The maximum absolute atomic E-state index is 13.1. The smallest absolute Gasteiger partial charge is 0.261 e. The van der Waals surface area contributed by atoms with Gasteiger partial charge in [0, 0.05) is 18.8 Å². The molecular formula is C23H28N2O5S. The molecule has 1 saturated heterocycles. The monoisotopic (exact) mass is 444 g/mol. The summed E-state index contributed by atoms with van der Waals surface area (Å²) in [6.07, 6.45) is 5.71. The minimum absolute atomic E-state index is 0.00143. The lowest BCUT2D eigenvalue weighted by Gasteiger charge is -2.22. The number of benzene rings is 2. The van der Waals surface area contributed by atoms with Crippen molar-refractivity contribution in [2.45, 2.75) is 30.6 Å². The number of hydrogen-bond donors (Lipinski definition) is 1. The number of likely N-dealkylation sites (tertiary alicyclic amines) is 1. The second kappa shape index (κ2) is 10.3. The van der Waals surface area contributed by atoms with E-state index in [4.69, 9.17) is 9.47 Å². The van der Waals surface area contributed by atoms with E-state index in [0.29, 0.717) is 36.9 Å². The van der Waals surface area contributed by atoms with E-state index in [-0.39, 0.29) is 16.4 Å². The van der Waals surface area contributed by atoms with Gasteiger partial charge in [-0.3, -0.25) is 9.52 Å². The normalized spacial score (nSPS) is 14.4. The summed E-state index contributed by atoms with van der Waals surface area (Å²) in [6.45, 7) is 5.28. The number of hydrogen-bond acceptors (Lipinski definition) is 5. The molecule has 1 aliphatic heterocycles. The lowest BCUT2D eigenvalue weighted by Crippen LogP contribution is -2.32. The highest BCUT2D eigenvalue weighted by molar-refractivity contribution is 7.92. The highest BCUT2D eigenvalue weighted by Gasteiger charge is 2.24. The van der Waals surface area contributed by atoms with E-state index in [1.54, 1.807) is 35.2 Å². The largest absolute Gasteiger partial charge is 0.496 e. The second-order valence-corrected chi connectivity index (χ2v) is 8.98. The first kappa shape index (κ1) is 22.7. The molecule has 1 fully saturated rings. The molecule has 166 valence electrons. The number of carbonyl (C=O) groups excluding carboxylic acids is 1. The molecule has 0 saturated carbocycles. The topological polar surface area (TPSA) is 84.9 Å². The molecule has 2 aromatic carbocycles. The highest BCUT2D eigenvalue weighted by atomic mass is 32.2. The second-order valence-electron chi connectivity index (χ2n) is 7.30. The molecule has 1 aliphatic rings. The summed E-state index contributed by atoms with van der Waals surface area (Å²) in [6, 6.07) is 10.9. The van der Waals surface area contributed by atoms with Gasteiger partial charge < -0.3 is 14.4 Å². The van der Waals surface area contributed by atoms with Crippen LogP contribution in [0.5, 0.6) is 11.5 Å². The van der Waals surface area contributed by atoms with Crippen LogP contribution in [0.1, 0.15) is 36.0 Å². The van der Waals surface area contributed by atoms with Crippen LogP contribution in [0.4, 0.5) is 5.69 Å². The quantitative estimate of drug-likeness (QED) is 0.620. The van der Waals surface area contributed by atoms with Gasteiger partial charge >= 0.3 is 0 Å². The summed E-state index contributed by atoms with van der Waals surface area (Å²) < 4.78 is 39.2. The molecule has 0 unspecified atom stereocenters. The van der Waals surface area contributed by atoms with Gasteiger partial charge in [0.25, 0.3) is 15.9 Å². The van der Waals surface area contributed by atoms with Gasteiger partial charge in [0.1, 0.15) is 18.1 Å². The van der Waals surface area contributed by atoms with E-state index in [9.17, 15) is 13.2 Å². The maximum atomic E-state index is 13.1. The number of nitrogens with one attached hydrogen (secondary N) is 1. The number of carbonyl (C=O) groups is 1. The average molecular weight is 445 g/mol. The lowest BCUT2D eigenvalue weighted by molar-refractivity contribution is 0.0758. The van der Waals surface area contributed by atoms with Gasteiger partial charge in [-0.2, -0.15) is 0 Å². The Morgan fingerprint density at radius 2 is 1.77 bits per heavy atom. The zero-order chi connectivity index (χ0) is 22.3. The van der Waals surface area contributed by atoms with E-state index in [1.165, 1.54) is 25.3 Å². The molecule has 0 aliphatic carbocycles. The van der Waals surface area contributed by atoms with Crippen LogP contribution in [0, 0.1) is 0 Å². The molecule has 0 atom stereocenters. The van der Waals surface area contributed by atoms with E-state index < -0.39 is 10.0 Å². The Bertz CT molecular complexity index is 1010. The van der Waals surface area contributed by atoms with E-state index >= 15 is 0 Å². The Hall–Kier alpha value is -3.00. The Morgan fingerprint density at radius 3 is 2.39 bits per heavy atom. The van der Waals surface area contributed by atoms with Crippen molar-refractivity contribution in [3.8, 4) is 11.5 Å². The fourth-order valence-electron chi connectivity index (χ4n) is 3.45. The van der Waals surface area contributed by atoms with Gasteiger partial charge in [0.15, 0.2) is 0 Å². The fourth-order valence-corrected chi connectivity index (χ4v) is 4.54. The van der Waals surface area contributed by atoms with Crippen LogP contribution < -0.4 is 14.2 Å². The summed E-state index contributed by atoms with van der Waals surface area (Å²) in [4.78, 5) is 14.9. The lowest BCUT2D eigenvalue weighted by atomic mass is 10.1. The molecule has 31 heavy (non-hydrogen) atoms. The summed E-state index contributed by atoms with van der Waals surface area (Å²) in [7, 11) is -2.43. The number of anilines is 1. The van der Waals surface area contributed by atoms with Gasteiger partial charge in [0.05, 0.1) is 17.6 Å². The van der Waals surface area contributed by atoms with Crippen molar-refractivity contribution in [1.82, 2.24) is 4.90 Å². The number of amides is 1. The Balaban J connectivity index is 1.83. The molecule has 1 amide bonds. The van der Waals surface area contributed by atoms with Crippen molar-refractivity contribution in [2.75, 3.05) is 31.5 Å². The Labute approximate surface area is 183 Å². The van der Waals surface area contributed by atoms with Crippen molar-refractivity contribution in [2.24, 2.45) is 0 Å². The van der Waals surface area contributed by atoms with Crippen LogP contribution in [-0.4, -0.2) is 46.0 Å². The Morgan fingerprint density at radius 1 is 1.10 bits per heavy atom. The maximum Gasteiger partial charge on any atom is 0.261 e. The van der Waals surface area contributed by atoms with Crippen molar-refractivity contribution in [3.05, 3.63) is 60.7 Å². The minimum atomic E-state index is -3.90. The predicted molar refractivity (Wildman–Crippen MR) is 120 cm³/mol. The van der Waals surface area contributed by atoms with Crippen molar-refractivity contribution >= 4 is 21.6 Å². The van der Waals surface area contributed by atoms with Gasteiger partial charge in [-0.1, -0.05) is 25.5 Å². The number of sulfonamides is 1. The molecule has 1 N–H and O–H groups in total. The van der Waals surface area contributed by atoms with Gasteiger partial charge in [-0.25, -0.2) is 8.42 Å². The third-order valence-electron chi connectivity index (χ3n) is 5.08. The van der Waals surface area contributed by atoms with Gasteiger partial charge in [-0.05, 0) is 55.3 Å². The first-order valence-electron chi connectivity index (χ1n) is 10.3. The third kappa shape index (κ3) is 5.79. The first-order valence-corrected chi connectivity index (χ1v) is 11.8. The molecule has 0 aromatic heterocycles. The Kier molecular flexibility index (Phi) is 7.57. The highest BCUT2D eigenvalue weighted by Crippen LogP contribution is 2.27. The van der Waals surface area contributed by atoms with Gasteiger partial charge in [0.2, 0.25) is 0 Å². The first-order chi connectivity index (χ1) is 14.9. The molecule has 1 heterocycles. The summed E-state index contributed by atoms with van der Waals surface area (Å²) in [5.74, 6) is 0.758. The molecule has 8 heteroatoms. The van der Waals surface area contributed by atoms with Crippen LogP contribution in [0.15, 0.2) is 60.0 Å². The predicted octanol–water partition coefficient (Wildman–Crippen LogP) is 4.08. The van der Waals surface area contributed by atoms with Crippen LogP contribution in [0.2, 0.25) is 0 Å². The summed E-state index contributed by atoms with van der Waals surface area (Å²) in [5.41, 5.74) is 0.641. The van der Waals surface area contributed by atoms with Crippen LogP contribution in [0.3, 0.4) is 0 Å². The van der Waals surface area contributed by atoms with Crippen LogP contribution in [-0.2, 0) is 10.0 Å².